The third-order valence-corrected chi connectivity index (χ3v) is 5.69. The van der Waals surface area contributed by atoms with E-state index >= 15 is 0 Å². The first-order valence-electron chi connectivity index (χ1n) is 10.6. The number of ketones is 1. The van der Waals surface area contributed by atoms with E-state index in [-0.39, 0.29) is 29.0 Å². The maximum Gasteiger partial charge on any atom is 0.354 e. The molecule has 164 valence electrons. The molecule has 1 aliphatic rings. The number of carboxylic acids is 1. The van der Waals surface area contributed by atoms with Crippen molar-refractivity contribution in [2.75, 3.05) is 0 Å². The fourth-order valence-corrected chi connectivity index (χ4v) is 4.02. The molecule has 2 aromatic carbocycles. The minimum absolute atomic E-state index is 0.0185. The summed E-state index contributed by atoms with van der Waals surface area (Å²) in [6, 6.07) is 20.2. The quantitative estimate of drug-likeness (QED) is 0.410. The molecule has 0 saturated heterocycles. The SMILES string of the molecule is O=C(O)c1cccc(-c2cnc(C(=O)[C@H]3CCc4cc(Oc5ccccc5)ccc4C3)o2)n1. The topological polar surface area (TPSA) is 103 Å². The standard InChI is InChI=1S/C26H20N2O5/c29-24(25-27-15-23(33-25)21-7-4-8-22(28-21)26(30)31)18-10-9-17-14-20(12-11-16(17)13-18)32-19-5-2-1-3-6-19/h1-8,11-12,14-15,18H,9-10,13H2,(H,30,31)/t18-/m0/s1. The van der Waals surface area contributed by atoms with E-state index in [1.807, 2.05) is 48.5 Å². The van der Waals surface area contributed by atoms with Crippen molar-refractivity contribution in [1.82, 2.24) is 9.97 Å². The molecule has 5 rings (SSSR count). The van der Waals surface area contributed by atoms with E-state index in [1.165, 1.54) is 17.8 Å². The van der Waals surface area contributed by atoms with Gasteiger partial charge in [0.25, 0.3) is 5.89 Å². The fourth-order valence-electron chi connectivity index (χ4n) is 4.02. The zero-order valence-electron chi connectivity index (χ0n) is 17.6. The molecule has 0 bridgehead atoms. The van der Waals surface area contributed by atoms with Crippen LogP contribution in [0.1, 0.15) is 38.7 Å². The van der Waals surface area contributed by atoms with E-state index in [2.05, 4.69) is 9.97 Å². The van der Waals surface area contributed by atoms with Crippen LogP contribution < -0.4 is 4.74 Å². The molecule has 1 aliphatic carbocycles. The van der Waals surface area contributed by atoms with Crippen molar-refractivity contribution in [2.45, 2.75) is 19.3 Å². The van der Waals surface area contributed by atoms with E-state index < -0.39 is 5.97 Å². The Bertz CT molecular complexity index is 1330. The second-order valence-electron chi connectivity index (χ2n) is 7.89. The van der Waals surface area contributed by atoms with Gasteiger partial charge in [0.15, 0.2) is 5.76 Å². The second kappa shape index (κ2) is 8.70. The summed E-state index contributed by atoms with van der Waals surface area (Å²) in [5.74, 6) is 0.313. The number of carbonyl (C=O) groups is 2. The van der Waals surface area contributed by atoms with Gasteiger partial charge in [-0.3, -0.25) is 4.79 Å². The lowest BCUT2D eigenvalue weighted by molar-refractivity contribution is 0.0690. The molecule has 1 atom stereocenters. The Kier molecular flexibility index (Phi) is 5.44. The van der Waals surface area contributed by atoms with Gasteiger partial charge in [0.05, 0.1) is 6.20 Å². The molecule has 4 aromatic rings. The van der Waals surface area contributed by atoms with Crippen LogP contribution in [0.2, 0.25) is 0 Å². The number of oxazole rings is 1. The van der Waals surface area contributed by atoms with Gasteiger partial charge >= 0.3 is 5.97 Å². The smallest absolute Gasteiger partial charge is 0.354 e. The van der Waals surface area contributed by atoms with E-state index in [0.717, 1.165) is 23.5 Å². The number of carboxylic acid groups (broad SMARTS) is 1. The maximum atomic E-state index is 13.0. The first kappa shape index (κ1) is 20.6. The minimum atomic E-state index is -1.13. The second-order valence-corrected chi connectivity index (χ2v) is 7.89. The molecule has 0 unspecified atom stereocenters. The van der Waals surface area contributed by atoms with Crippen LogP contribution in [0.4, 0.5) is 0 Å². The van der Waals surface area contributed by atoms with Gasteiger partial charge in [-0.2, -0.15) is 0 Å². The molecule has 1 N–H and O–H groups in total. The Labute approximate surface area is 189 Å². The van der Waals surface area contributed by atoms with Crippen LogP contribution in [0.25, 0.3) is 11.5 Å². The number of hydrogen-bond donors (Lipinski definition) is 1. The number of hydrogen-bond acceptors (Lipinski definition) is 6. The first-order valence-corrected chi connectivity index (χ1v) is 10.6. The summed E-state index contributed by atoms with van der Waals surface area (Å²) < 4.78 is 11.6. The summed E-state index contributed by atoms with van der Waals surface area (Å²) in [7, 11) is 0. The van der Waals surface area contributed by atoms with Crippen LogP contribution >= 0.6 is 0 Å². The van der Waals surface area contributed by atoms with Gasteiger partial charge in [0.1, 0.15) is 22.9 Å². The summed E-state index contributed by atoms with van der Waals surface area (Å²) in [4.78, 5) is 32.4. The zero-order valence-corrected chi connectivity index (χ0v) is 17.6. The van der Waals surface area contributed by atoms with E-state index in [9.17, 15) is 9.59 Å². The Balaban J connectivity index is 1.30. The molecule has 2 aromatic heterocycles. The molecule has 0 radical (unpaired) electrons. The summed E-state index contributed by atoms with van der Waals surface area (Å²) >= 11 is 0. The van der Waals surface area contributed by atoms with Gasteiger partial charge in [-0.25, -0.2) is 14.8 Å². The van der Waals surface area contributed by atoms with E-state index in [0.29, 0.717) is 18.5 Å². The molecule has 7 nitrogen and oxygen atoms in total. The molecule has 0 fully saturated rings. The highest BCUT2D eigenvalue weighted by atomic mass is 16.5. The number of Topliss-reactive ketones (excluding diaryl/α,β-unsaturated/α-hetero) is 1. The number of aromatic nitrogens is 2. The average molecular weight is 440 g/mol. The molecule has 0 amide bonds. The van der Waals surface area contributed by atoms with E-state index in [4.69, 9.17) is 14.3 Å². The third-order valence-electron chi connectivity index (χ3n) is 5.69. The van der Waals surface area contributed by atoms with Crippen molar-refractivity contribution in [3.8, 4) is 23.0 Å². The van der Waals surface area contributed by atoms with Crippen molar-refractivity contribution in [3.05, 3.63) is 95.6 Å². The van der Waals surface area contributed by atoms with E-state index in [1.54, 1.807) is 12.1 Å². The van der Waals surface area contributed by atoms with Crippen LogP contribution in [0.15, 0.2) is 77.3 Å². The zero-order chi connectivity index (χ0) is 22.8. The lowest BCUT2D eigenvalue weighted by Gasteiger charge is -2.23. The van der Waals surface area contributed by atoms with Crippen molar-refractivity contribution >= 4 is 11.8 Å². The Morgan fingerprint density at radius 2 is 1.82 bits per heavy atom. The van der Waals surface area contributed by atoms with Crippen molar-refractivity contribution in [3.63, 3.8) is 0 Å². The highest BCUT2D eigenvalue weighted by Crippen LogP contribution is 2.32. The molecule has 2 heterocycles. The number of aromatic carboxylic acids is 1. The van der Waals surface area contributed by atoms with Gasteiger partial charge in [-0.1, -0.05) is 30.3 Å². The summed E-state index contributed by atoms with van der Waals surface area (Å²) in [5, 5.41) is 9.12. The number of benzene rings is 2. The minimum Gasteiger partial charge on any atom is -0.477 e. The van der Waals surface area contributed by atoms with Crippen molar-refractivity contribution in [1.29, 1.82) is 0 Å². The molecule has 0 spiro atoms. The number of aryl methyl sites for hydroxylation is 1. The maximum absolute atomic E-state index is 13.0. The monoisotopic (exact) mass is 440 g/mol. The highest BCUT2D eigenvalue weighted by molar-refractivity contribution is 5.94. The van der Waals surface area contributed by atoms with Crippen LogP contribution in [0.5, 0.6) is 11.5 Å². The van der Waals surface area contributed by atoms with Crippen LogP contribution in [-0.4, -0.2) is 26.8 Å². The lowest BCUT2D eigenvalue weighted by Crippen LogP contribution is -2.23. The largest absolute Gasteiger partial charge is 0.477 e. The van der Waals surface area contributed by atoms with Crippen molar-refractivity contribution < 1.29 is 23.8 Å². The number of para-hydroxylation sites is 1. The number of rotatable bonds is 6. The molecule has 7 heteroatoms. The molecular weight excluding hydrogens is 420 g/mol. The van der Waals surface area contributed by atoms with Gasteiger partial charge < -0.3 is 14.3 Å². The van der Waals surface area contributed by atoms with Gasteiger partial charge in [-0.05, 0) is 66.8 Å². The lowest BCUT2D eigenvalue weighted by atomic mass is 9.81. The molecule has 0 saturated carbocycles. The number of carbonyl (C=O) groups excluding carboxylic acids is 1. The number of fused-ring (bicyclic) bond motifs is 1. The Morgan fingerprint density at radius 3 is 2.64 bits per heavy atom. The first-order chi connectivity index (χ1) is 16.1. The van der Waals surface area contributed by atoms with Gasteiger partial charge in [-0.15, -0.1) is 0 Å². The van der Waals surface area contributed by atoms with Crippen molar-refractivity contribution in [2.24, 2.45) is 5.92 Å². The number of pyridine rings is 1. The van der Waals surface area contributed by atoms with Gasteiger partial charge in [0, 0.05) is 5.92 Å². The fraction of sp³-hybridized carbons (Fsp3) is 0.154. The summed E-state index contributed by atoms with van der Waals surface area (Å²) in [5.41, 5.74) is 2.51. The molecule has 33 heavy (non-hydrogen) atoms. The molecular formula is C26H20N2O5. The molecule has 0 aliphatic heterocycles. The Morgan fingerprint density at radius 1 is 0.970 bits per heavy atom. The third kappa shape index (κ3) is 4.39. The van der Waals surface area contributed by atoms with Crippen LogP contribution in [0, 0.1) is 5.92 Å². The predicted molar refractivity (Wildman–Crippen MR) is 119 cm³/mol. The Hall–Kier alpha value is -4.26. The highest BCUT2D eigenvalue weighted by Gasteiger charge is 2.29. The predicted octanol–water partition coefficient (Wildman–Crippen LogP) is 5.21. The normalized spacial score (nSPS) is 15.0. The average Bonchev–Trinajstić information content (AvgIpc) is 3.34. The summed E-state index contributed by atoms with van der Waals surface area (Å²) in [6.07, 6.45) is 3.45. The van der Waals surface area contributed by atoms with Crippen LogP contribution in [-0.2, 0) is 12.8 Å². The van der Waals surface area contributed by atoms with Gasteiger partial charge in [0.2, 0.25) is 5.78 Å². The number of ether oxygens (including phenoxy) is 1. The summed E-state index contributed by atoms with van der Waals surface area (Å²) in [6.45, 7) is 0. The number of nitrogens with zero attached hydrogens (tertiary/aromatic N) is 2. The van der Waals surface area contributed by atoms with Crippen LogP contribution in [0.3, 0.4) is 0 Å².